The highest BCUT2D eigenvalue weighted by molar-refractivity contribution is 7.46. The van der Waals surface area contributed by atoms with Gasteiger partial charge in [-0.15, -0.1) is 0 Å². The molecular formula is C15H20O7P2. The molecule has 0 aromatic heterocycles. The number of aromatic hydroxyl groups is 2. The lowest BCUT2D eigenvalue weighted by Gasteiger charge is -2.26. The summed E-state index contributed by atoms with van der Waals surface area (Å²) in [7, 11) is -6.40. The predicted molar refractivity (Wildman–Crippen MR) is 91.9 cm³/mol. The summed E-state index contributed by atoms with van der Waals surface area (Å²) < 4.78 is 22.3. The summed E-state index contributed by atoms with van der Waals surface area (Å²) in [5, 5.41) is 18.6. The molecule has 0 saturated heterocycles. The maximum absolute atomic E-state index is 9.44. The fourth-order valence-electron chi connectivity index (χ4n) is 2.00. The molecule has 0 heterocycles. The van der Waals surface area contributed by atoms with E-state index < -0.39 is 16.5 Å². The van der Waals surface area contributed by atoms with E-state index in [1.54, 1.807) is 24.3 Å². The fourth-order valence-corrected chi connectivity index (χ4v) is 2.60. The van der Waals surface area contributed by atoms with Crippen molar-refractivity contribution in [3.8, 4) is 11.5 Å². The van der Waals surface area contributed by atoms with Crippen LogP contribution in [-0.2, 0) is 18.9 Å². The lowest BCUT2D eigenvalue weighted by molar-refractivity contribution is 0.371. The van der Waals surface area contributed by atoms with Gasteiger partial charge in [0.25, 0.3) is 0 Å². The van der Waals surface area contributed by atoms with Gasteiger partial charge in [-0.05, 0) is 35.4 Å². The number of rotatable bonds is 4. The number of benzene rings is 2. The molecule has 2 aromatic carbocycles. The van der Waals surface area contributed by atoms with Crippen LogP contribution >= 0.6 is 16.5 Å². The maximum Gasteiger partial charge on any atom is 0.323 e. The van der Waals surface area contributed by atoms with Crippen molar-refractivity contribution in [2.75, 3.05) is 0 Å². The third-order valence-corrected chi connectivity index (χ3v) is 4.75. The predicted octanol–water partition coefficient (Wildman–Crippen LogP) is 3.19. The molecule has 2 unspecified atom stereocenters. The number of hydrogen-bond donors (Lipinski definition) is 4. The molecule has 0 saturated carbocycles. The molecule has 4 N–H and O–H groups in total. The average molecular weight is 374 g/mol. The van der Waals surface area contributed by atoms with Crippen LogP contribution in [0.3, 0.4) is 0 Å². The van der Waals surface area contributed by atoms with Crippen molar-refractivity contribution in [2.45, 2.75) is 19.3 Å². The molecule has 0 aliphatic rings. The van der Waals surface area contributed by atoms with Gasteiger partial charge in [-0.1, -0.05) is 38.1 Å². The third kappa shape index (κ3) is 6.48. The molecule has 0 amide bonds. The van der Waals surface area contributed by atoms with Crippen LogP contribution in [0.1, 0.15) is 25.0 Å². The molecular weight excluding hydrogens is 354 g/mol. The molecule has 0 bridgehead atoms. The van der Waals surface area contributed by atoms with Gasteiger partial charge in [-0.25, -0.2) is 4.31 Å². The zero-order valence-corrected chi connectivity index (χ0v) is 15.1. The van der Waals surface area contributed by atoms with Crippen molar-refractivity contribution in [1.29, 1.82) is 0 Å². The van der Waals surface area contributed by atoms with Crippen molar-refractivity contribution in [3.05, 3.63) is 59.7 Å². The van der Waals surface area contributed by atoms with Crippen LogP contribution in [0.25, 0.3) is 0 Å². The van der Waals surface area contributed by atoms with Crippen molar-refractivity contribution in [3.63, 3.8) is 0 Å². The van der Waals surface area contributed by atoms with Crippen LogP contribution in [0.2, 0.25) is 0 Å². The molecule has 0 spiro atoms. The lowest BCUT2D eigenvalue weighted by Crippen LogP contribution is -2.18. The molecule has 132 valence electrons. The molecule has 0 aliphatic carbocycles. The van der Waals surface area contributed by atoms with Crippen LogP contribution in [0.5, 0.6) is 11.5 Å². The zero-order chi connectivity index (χ0) is 18.3. The third-order valence-electron chi connectivity index (χ3n) is 3.35. The quantitative estimate of drug-likeness (QED) is 0.606. The second-order valence-corrected chi connectivity index (χ2v) is 7.23. The zero-order valence-electron chi connectivity index (χ0n) is 13.1. The van der Waals surface area contributed by atoms with Crippen LogP contribution in [0.4, 0.5) is 0 Å². The van der Waals surface area contributed by atoms with Gasteiger partial charge in [0.15, 0.2) is 0 Å². The summed E-state index contributed by atoms with van der Waals surface area (Å²) in [4.78, 5) is 15.4. The first-order chi connectivity index (χ1) is 11.1. The van der Waals surface area contributed by atoms with E-state index in [1.165, 1.54) is 0 Å². The Morgan fingerprint density at radius 1 is 0.750 bits per heavy atom. The summed E-state index contributed by atoms with van der Waals surface area (Å²) >= 11 is 0. The summed E-state index contributed by atoms with van der Waals surface area (Å²) in [6.07, 6.45) is 0. The van der Waals surface area contributed by atoms with E-state index in [9.17, 15) is 19.3 Å². The van der Waals surface area contributed by atoms with Crippen molar-refractivity contribution in [1.82, 2.24) is 0 Å². The first-order valence-electron chi connectivity index (χ1n) is 6.85. The molecule has 0 fully saturated rings. The molecule has 2 rings (SSSR count). The van der Waals surface area contributed by atoms with Crippen LogP contribution < -0.4 is 0 Å². The maximum atomic E-state index is 9.44. The van der Waals surface area contributed by atoms with Gasteiger partial charge < -0.3 is 20.0 Å². The van der Waals surface area contributed by atoms with Crippen molar-refractivity contribution < 1.29 is 33.4 Å². The van der Waals surface area contributed by atoms with E-state index in [2.05, 4.69) is 18.2 Å². The Morgan fingerprint density at radius 2 is 1.04 bits per heavy atom. The smallest absolute Gasteiger partial charge is 0.323 e. The monoisotopic (exact) mass is 374 g/mol. The summed E-state index contributed by atoms with van der Waals surface area (Å²) in [6.45, 7) is 4.23. The minimum Gasteiger partial charge on any atom is -0.508 e. The molecule has 9 heteroatoms. The Balaban J connectivity index is 0.000000351. The highest BCUT2D eigenvalue weighted by Crippen LogP contribution is 2.33. The second-order valence-electron chi connectivity index (χ2n) is 5.35. The minimum absolute atomic E-state index is 0.151. The van der Waals surface area contributed by atoms with Crippen LogP contribution in [-0.4, -0.2) is 20.0 Å². The Hall–Kier alpha value is -1.62. The minimum atomic E-state index is -3.20. The van der Waals surface area contributed by atoms with E-state index in [0.29, 0.717) is 0 Å². The van der Waals surface area contributed by atoms with Crippen molar-refractivity contribution >= 4 is 16.5 Å². The van der Waals surface area contributed by atoms with Gasteiger partial charge in [-0.3, -0.25) is 9.13 Å². The first-order valence-corrected chi connectivity index (χ1v) is 9.38. The number of hydrogen-bond acceptors (Lipinski definition) is 5. The molecule has 2 atom stereocenters. The first kappa shape index (κ1) is 20.4. The van der Waals surface area contributed by atoms with E-state index in [0.717, 1.165) is 11.1 Å². The highest BCUT2D eigenvalue weighted by Gasteiger charge is 2.22. The largest absolute Gasteiger partial charge is 0.508 e. The molecule has 7 nitrogen and oxygen atoms in total. The van der Waals surface area contributed by atoms with Gasteiger partial charge in [0.05, 0.1) is 0 Å². The van der Waals surface area contributed by atoms with Gasteiger partial charge in [-0.2, -0.15) is 0 Å². The Bertz CT molecular complexity index is 637. The second kappa shape index (κ2) is 9.02. The summed E-state index contributed by atoms with van der Waals surface area (Å²) in [6, 6.07) is 14.4. The Morgan fingerprint density at radius 3 is 1.25 bits per heavy atom. The lowest BCUT2D eigenvalue weighted by atomic mass is 9.78. The fraction of sp³-hybridized carbons (Fsp3) is 0.200. The van der Waals surface area contributed by atoms with Gasteiger partial charge in [0.1, 0.15) is 11.5 Å². The topological polar surface area (TPSA) is 124 Å². The SMILES string of the molecule is CC(C)(c1ccc(O)cc1)c1ccc(O)cc1.O=[PH](O)O[PH](=O)O. The normalized spacial score (nSPS) is 13.5. The summed E-state index contributed by atoms with van der Waals surface area (Å²) in [5.74, 6) is 0.547. The van der Waals surface area contributed by atoms with Gasteiger partial charge in [0, 0.05) is 5.41 Å². The molecule has 0 aliphatic heterocycles. The van der Waals surface area contributed by atoms with E-state index in [4.69, 9.17) is 9.79 Å². The van der Waals surface area contributed by atoms with E-state index in [1.807, 2.05) is 24.3 Å². The number of phenols is 2. The van der Waals surface area contributed by atoms with Crippen molar-refractivity contribution in [2.24, 2.45) is 0 Å². The van der Waals surface area contributed by atoms with Gasteiger partial charge in [0.2, 0.25) is 0 Å². The number of phenolic OH excluding ortho intramolecular Hbond substituents is 2. The molecule has 24 heavy (non-hydrogen) atoms. The Labute approximate surface area is 141 Å². The molecule has 2 aromatic rings. The van der Waals surface area contributed by atoms with E-state index in [-0.39, 0.29) is 16.9 Å². The summed E-state index contributed by atoms with van der Waals surface area (Å²) in [5.41, 5.74) is 2.10. The molecule has 0 radical (unpaired) electrons. The standard InChI is InChI=1S/C15H16O2.H4O5P2/c1-15(2,11-3-7-13(16)8-4-11)12-5-9-14(17)10-6-12;1-6(2)5-7(3)4/h3-10,16-17H,1-2H3;6-7H,(H,1,2)(H,3,4). The highest BCUT2D eigenvalue weighted by atomic mass is 31.2. The Kier molecular flexibility index (Phi) is 7.67. The van der Waals surface area contributed by atoms with Crippen LogP contribution in [0, 0.1) is 0 Å². The average Bonchev–Trinajstić information content (AvgIpc) is 2.47. The van der Waals surface area contributed by atoms with E-state index >= 15 is 0 Å². The van der Waals surface area contributed by atoms with Crippen LogP contribution in [0.15, 0.2) is 48.5 Å². The van der Waals surface area contributed by atoms with Gasteiger partial charge >= 0.3 is 16.5 Å².